The molecule has 0 spiro atoms. The van der Waals surface area contributed by atoms with Gasteiger partial charge in [0, 0.05) is 11.1 Å². The van der Waals surface area contributed by atoms with Gasteiger partial charge in [-0.15, -0.1) is 0 Å². The minimum Gasteiger partial charge on any atom is -0.223 e. The Kier molecular flexibility index (Phi) is 6.14. The molecule has 0 unspecified atom stereocenters. The van der Waals surface area contributed by atoms with Gasteiger partial charge in [0.2, 0.25) is 0 Å². The molecule has 0 aliphatic heterocycles. The van der Waals surface area contributed by atoms with Crippen molar-refractivity contribution in [2.24, 2.45) is 0 Å². The van der Waals surface area contributed by atoms with Crippen molar-refractivity contribution < 1.29 is 4.57 Å². The van der Waals surface area contributed by atoms with Crippen molar-refractivity contribution in [3.63, 3.8) is 0 Å². The van der Waals surface area contributed by atoms with Crippen molar-refractivity contribution in [1.82, 2.24) is 4.57 Å². The van der Waals surface area contributed by atoms with Gasteiger partial charge < -0.3 is 0 Å². The van der Waals surface area contributed by atoms with Gasteiger partial charge in [-0.1, -0.05) is 109 Å². The Morgan fingerprint density at radius 3 is 1.71 bits per heavy atom. The quantitative estimate of drug-likeness (QED) is 0.241. The van der Waals surface area contributed by atoms with Gasteiger partial charge in [-0.3, -0.25) is 0 Å². The van der Waals surface area contributed by atoms with Crippen LogP contribution in [0.1, 0.15) is 23.6 Å². The van der Waals surface area contributed by atoms with Crippen LogP contribution in [-0.2, 0) is 13.1 Å². The van der Waals surface area contributed by atoms with E-state index in [-0.39, 0.29) is 0 Å². The molecule has 168 valence electrons. The standard InChI is InChI=1S/C32H31N2/c1-4-33-30(27-19-10-6-11-20-27)31(28-21-12-7-13-22-28)34(23-26-17-8-5-9-18-26)32(33)29-24(2)15-14-16-25(29)3/h5-22H,4,23H2,1-3H3/q+1. The number of rotatable bonds is 6. The number of nitrogens with zero attached hydrogens (tertiary/aromatic N) is 2. The van der Waals surface area contributed by atoms with Gasteiger partial charge in [-0.05, 0) is 37.5 Å². The summed E-state index contributed by atoms with van der Waals surface area (Å²) in [6.45, 7) is 8.40. The molecule has 5 aromatic rings. The van der Waals surface area contributed by atoms with Crippen LogP contribution < -0.4 is 4.57 Å². The maximum atomic E-state index is 2.53. The Hall–Kier alpha value is -3.91. The van der Waals surface area contributed by atoms with Crippen molar-refractivity contribution in [3.05, 3.63) is 126 Å². The summed E-state index contributed by atoms with van der Waals surface area (Å²) in [5, 5.41) is 0. The Balaban J connectivity index is 1.93. The highest BCUT2D eigenvalue weighted by atomic mass is 15.2. The summed E-state index contributed by atoms with van der Waals surface area (Å²) in [4.78, 5) is 0. The average molecular weight is 444 g/mol. The van der Waals surface area contributed by atoms with Crippen LogP contribution in [-0.4, -0.2) is 4.57 Å². The highest BCUT2D eigenvalue weighted by Gasteiger charge is 2.34. The Bertz CT molecular complexity index is 1380. The van der Waals surface area contributed by atoms with E-state index in [0.29, 0.717) is 0 Å². The van der Waals surface area contributed by atoms with Crippen molar-refractivity contribution >= 4 is 0 Å². The summed E-state index contributed by atoms with van der Waals surface area (Å²) < 4.78 is 5.04. The highest BCUT2D eigenvalue weighted by molar-refractivity contribution is 5.80. The lowest BCUT2D eigenvalue weighted by molar-refractivity contribution is -0.666. The second-order valence-electron chi connectivity index (χ2n) is 8.84. The van der Waals surface area contributed by atoms with E-state index < -0.39 is 0 Å². The first-order chi connectivity index (χ1) is 16.7. The Morgan fingerprint density at radius 2 is 1.15 bits per heavy atom. The first-order valence-corrected chi connectivity index (χ1v) is 12.1. The summed E-state index contributed by atoms with van der Waals surface area (Å²) in [6, 6.07) is 39.1. The minimum atomic E-state index is 0.807. The second kappa shape index (κ2) is 9.52. The molecule has 0 saturated heterocycles. The fourth-order valence-electron chi connectivity index (χ4n) is 5.06. The van der Waals surface area contributed by atoms with Gasteiger partial charge >= 0.3 is 0 Å². The number of benzene rings is 4. The molecule has 0 saturated carbocycles. The normalized spacial score (nSPS) is 11.0. The zero-order chi connectivity index (χ0) is 23.5. The van der Waals surface area contributed by atoms with Crippen LogP contribution >= 0.6 is 0 Å². The molecular weight excluding hydrogens is 412 g/mol. The molecular formula is C32H31N2+. The molecule has 1 heterocycles. The van der Waals surface area contributed by atoms with Crippen LogP contribution in [0.2, 0.25) is 0 Å². The molecule has 0 bridgehead atoms. The van der Waals surface area contributed by atoms with Crippen molar-refractivity contribution in [2.75, 3.05) is 0 Å². The van der Waals surface area contributed by atoms with Crippen LogP contribution in [0.4, 0.5) is 0 Å². The third-order valence-electron chi connectivity index (χ3n) is 6.57. The van der Waals surface area contributed by atoms with Gasteiger partial charge in [0.05, 0.1) is 12.1 Å². The van der Waals surface area contributed by atoms with E-state index in [1.807, 2.05) is 0 Å². The number of aromatic nitrogens is 2. The lowest BCUT2D eigenvalue weighted by atomic mass is 10.0. The van der Waals surface area contributed by atoms with Crippen LogP contribution in [0.15, 0.2) is 109 Å². The van der Waals surface area contributed by atoms with E-state index >= 15 is 0 Å². The third-order valence-corrected chi connectivity index (χ3v) is 6.57. The molecule has 0 aliphatic carbocycles. The van der Waals surface area contributed by atoms with Gasteiger partial charge in [0.15, 0.2) is 11.4 Å². The first-order valence-electron chi connectivity index (χ1n) is 12.1. The number of hydrogen-bond acceptors (Lipinski definition) is 0. The van der Waals surface area contributed by atoms with E-state index in [4.69, 9.17) is 0 Å². The average Bonchev–Trinajstić information content (AvgIpc) is 3.19. The summed E-state index contributed by atoms with van der Waals surface area (Å²) in [6.07, 6.45) is 0. The summed E-state index contributed by atoms with van der Waals surface area (Å²) >= 11 is 0. The van der Waals surface area contributed by atoms with Gasteiger partial charge in [-0.25, -0.2) is 9.13 Å². The van der Waals surface area contributed by atoms with E-state index in [0.717, 1.165) is 13.1 Å². The van der Waals surface area contributed by atoms with Crippen molar-refractivity contribution in [1.29, 1.82) is 0 Å². The molecule has 0 radical (unpaired) electrons. The zero-order valence-corrected chi connectivity index (χ0v) is 20.2. The molecule has 0 N–H and O–H groups in total. The molecule has 34 heavy (non-hydrogen) atoms. The van der Waals surface area contributed by atoms with Gasteiger partial charge in [0.25, 0.3) is 5.82 Å². The highest BCUT2D eigenvalue weighted by Crippen LogP contribution is 2.37. The molecule has 1 aromatic heterocycles. The fourth-order valence-corrected chi connectivity index (χ4v) is 5.06. The summed E-state index contributed by atoms with van der Waals surface area (Å²) in [5.74, 6) is 1.26. The second-order valence-corrected chi connectivity index (χ2v) is 8.84. The number of imidazole rings is 1. The molecule has 5 rings (SSSR count). The Labute approximate surface area is 202 Å². The predicted octanol–water partition coefficient (Wildman–Crippen LogP) is 7.46. The van der Waals surface area contributed by atoms with Gasteiger partial charge in [-0.2, -0.15) is 0 Å². The molecule has 2 heteroatoms. The van der Waals surface area contributed by atoms with Crippen LogP contribution in [0, 0.1) is 13.8 Å². The molecule has 2 nitrogen and oxygen atoms in total. The number of hydrogen-bond donors (Lipinski definition) is 0. The van der Waals surface area contributed by atoms with E-state index in [1.165, 1.54) is 50.6 Å². The maximum absolute atomic E-state index is 2.53. The lowest BCUT2D eigenvalue weighted by Gasteiger charge is -2.11. The summed E-state index contributed by atoms with van der Waals surface area (Å²) in [7, 11) is 0. The minimum absolute atomic E-state index is 0.807. The number of aryl methyl sites for hydroxylation is 2. The first kappa shape index (κ1) is 21.9. The Morgan fingerprint density at radius 1 is 0.618 bits per heavy atom. The van der Waals surface area contributed by atoms with Crippen LogP contribution in [0.25, 0.3) is 33.9 Å². The maximum Gasteiger partial charge on any atom is 0.290 e. The summed E-state index contributed by atoms with van der Waals surface area (Å²) in [5.41, 5.74) is 10.2. The molecule has 4 aromatic carbocycles. The molecule has 0 fully saturated rings. The smallest absolute Gasteiger partial charge is 0.223 e. The largest absolute Gasteiger partial charge is 0.290 e. The van der Waals surface area contributed by atoms with E-state index in [1.54, 1.807) is 0 Å². The van der Waals surface area contributed by atoms with Crippen molar-refractivity contribution in [3.8, 4) is 33.9 Å². The SMILES string of the molecule is CCn1c(-c2ccccc2)c(-c2ccccc2)[n+](Cc2ccccc2)c1-c1c(C)cccc1C. The van der Waals surface area contributed by atoms with E-state index in [9.17, 15) is 0 Å². The van der Waals surface area contributed by atoms with E-state index in [2.05, 4.69) is 139 Å². The zero-order valence-electron chi connectivity index (χ0n) is 20.2. The predicted molar refractivity (Wildman–Crippen MR) is 142 cm³/mol. The monoisotopic (exact) mass is 443 g/mol. The van der Waals surface area contributed by atoms with Crippen LogP contribution in [0.5, 0.6) is 0 Å². The molecule has 0 atom stereocenters. The van der Waals surface area contributed by atoms with Crippen LogP contribution in [0.3, 0.4) is 0 Å². The van der Waals surface area contributed by atoms with Crippen molar-refractivity contribution in [2.45, 2.75) is 33.9 Å². The topological polar surface area (TPSA) is 8.81 Å². The third kappa shape index (κ3) is 3.97. The van der Waals surface area contributed by atoms with Gasteiger partial charge in [0.1, 0.15) is 6.54 Å². The molecule has 0 amide bonds. The molecule has 0 aliphatic rings. The lowest BCUT2D eigenvalue weighted by Crippen LogP contribution is -2.38. The fraction of sp³-hybridized carbons (Fsp3) is 0.156.